The van der Waals surface area contributed by atoms with Crippen molar-refractivity contribution in [2.24, 2.45) is 4.99 Å². The number of aliphatic hydroxyl groups excluding tert-OH is 1. The molecular formula is C23H28N2O3S. The van der Waals surface area contributed by atoms with Gasteiger partial charge in [-0.2, -0.15) is 0 Å². The number of aliphatic imine (C=N–C) groups is 1. The number of hydrogen-bond acceptors (Lipinski definition) is 5. The smallest absolute Gasteiger partial charge is 0.162 e. The van der Waals surface area contributed by atoms with Crippen LogP contribution in [0.5, 0.6) is 5.75 Å². The Labute approximate surface area is 176 Å². The van der Waals surface area contributed by atoms with Crippen LogP contribution in [0.1, 0.15) is 66.1 Å². The summed E-state index contributed by atoms with van der Waals surface area (Å²) in [5.41, 5.74) is 2.27. The number of aliphatic hydroxyl groups is 1. The third kappa shape index (κ3) is 7.37. The molecule has 1 heterocycles. The van der Waals surface area contributed by atoms with Crippen LogP contribution in [0.4, 0.5) is 11.4 Å². The van der Waals surface area contributed by atoms with E-state index in [4.69, 9.17) is 0 Å². The van der Waals surface area contributed by atoms with Crippen molar-refractivity contribution in [3.05, 3.63) is 39.6 Å². The molecule has 0 radical (unpaired) electrons. The van der Waals surface area contributed by atoms with Crippen molar-refractivity contribution in [3.8, 4) is 17.6 Å². The number of hydrogen-bond donors (Lipinski definition) is 3. The number of rotatable bonds is 10. The molecule has 0 aliphatic carbocycles. The van der Waals surface area contributed by atoms with E-state index in [0.29, 0.717) is 27.6 Å². The molecule has 6 heteroatoms. The first-order valence-electron chi connectivity index (χ1n) is 9.96. The van der Waals surface area contributed by atoms with Gasteiger partial charge in [-0.05, 0) is 49.1 Å². The number of aromatic hydroxyl groups is 1. The first-order chi connectivity index (χ1) is 14.1. The number of carbonyl (C=O) groups is 1. The van der Waals surface area contributed by atoms with Gasteiger partial charge in [0, 0.05) is 5.69 Å². The van der Waals surface area contributed by atoms with Gasteiger partial charge in [-0.3, -0.25) is 4.79 Å². The fourth-order valence-corrected chi connectivity index (χ4v) is 3.47. The quantitative estimate of drug-likeness (QED) is 0.124. The predicted molar refractivity (Wildman–Crippen MR) is 121 cm³/mol. The summed E-state index contributed by atoms with van der Waals surface area (Å²) in [7, 11) is 0. The largest absolute Gasteiger partial charge is 0.508 e. The highest BCUT2D eigenvalue weighted by molar-refractivity contribution is 7.14. The molecule has 1 aromatic heterocycles. The summed E-state index contributed by atoms with van der Waals surface area (Å²) in [5, 5.41) is 22.7. The zero-order valence-electron chi connectivity index (χ0n) is 16.9. The summed E-state index contributed by atoms with van der Waals surface area (Å²) in [4.78, 5) is 16.8. The zero-order chi connectivity index (χ0) is 21.1. The van der Waals surface area contributed by atoms with Gasteiger partial charge in [-0.25, -0.2) is 4.99 Å². The van der Waals surface area contributed by atoms with E-state index >= 15 is 0 Å². The lowest BCUT2D eigenvalue weighted by Gasteiger charge is -2.07. The minimum absolute atomic E-state index is 0.308. The molecule has 5 nitrogen and oxygen atoms in total. The van der Waals surface area contributed by atoms with Crippen LogP contribution in [0.3, 0.4) is 0 Å². The number of phenols is 1. The maximum atomic E-state index is 11.3. The number of phenolic OH excluding ortho intramolecular Hbond substituents is 1. The highest BCUT2D eigenvalue weighted by atomic mass is 32.1. The molecule has 0 aliphatic heterocycles. The topological polar surface area (TPSA) is 81.9 Å². The van der Waals surface area contributed by atoms with Crippen LogP contribution < -0.4 is 5.32 Å². The summed E-state index contributed by atoms with van der Waals surface area (Å²) >= 11 is 1.25. The summed E-state index contributed by atoms with van der Waals surface area (Å²) < 4.78 is 0. The van der Waals surface area contributed by atoms with Gasteiger partial charge in [0.2, 0.25) is 0 Å². The van der Waals surface area contributed by atoms with E-state index in [9.17, 15) is 15.0 Å². The Morgan fingerprint density at radius 1 is 1.24 bits per heavy atom. The third-order valence-corrected chi connectivity index (χ3v) is 5.38. The Morgan fingerprint density at radius 2 is 2.07 bits per heavy atom. The molecule has 0 amide bonds. The second-order valence-electron chi connectivity index (χ2n) is 6.73. The molecule has 2 aromatic rings. The van der Waals surface area contributed by atoms with Gasteiger partial charge in [0.25, 0.3) is 0 Å². The molecule has 2 rings (SSSR count). The summed E-state index contributed by atoms with van der Waals surface area (Å²) in [6, 6.07) is 7.12. The van der Waals surface area contributed by atoms with Crippen LogP contribution in [0.15, 0.2) is 29.3 Å². The van der Waals surface area contributed by atoms with E-state index in [1.54, 1.807) is 18.2 Å². The molecular weight excluding hydrogens is 384 g/mol. The number of nitrogens with one attached hydrogen (secondary N) is 1. The van der Waals surface area contributed by atoms with Gasteiger partial charge in [0.15, 0.2) is 6.29 Å². The lowest BCUT2D eigenvalue weighted by molar-refractivity contribution is 0.112. The average Bonchev–Trinajstić information content (AvgIpc) is 3.13. The molecule has 1 atom stereocenters. The van der Waals surface area contributed by atoms with E-state index < -0.39 is 6.10 Å². The van der Waals surface area contributed by atoms with Gasteiger partial charge in [-0.15, -0.1) is 11.3 Å². The van der Waals surface area contributed by atoms with Crippen molar-refractivity contribution in [2.75, 3.05) is 5.32 Å². The SMILES string of the molecule is CCCCCCc1cc(N/C=N\c2cc(C#CC(O)CC)sc2C=O)ccc1O. The van der Waals surface area contributed by atoms with E-state index in [2.05, 4.69) is 29.1 Å². The second kappa shape index (κ2) is 12.1. The van der Waals surface area contributed by atoms with E-state index in [1.807, 2.05) is 13.0 Å². The van der Waals surface area contributed by atoms with Crippen LogP contribution in [-0.2, 0) is 6.42 Å². The van der Waals surface area contributed by atoms with Crippen LogP contribution >= 0.6 is 11.3 Å². The van der Waals surface area contributed by atoms with Crippen molar-refractivity contribution in [3.63, 3.8) is 0 Å². The lowest BCUT2D eigenvalue weighted by Crippen LogP contribution is -1.98. The maximum absolute atomic E-state index is 11.3. The molecule has 0 spiro atoms. The molecule has 1 unspecified atom stereocenters. The van der Waals surface area contributed by atoms with Crippen molar-refractivity contribution in [1.29, 1.82) is 0 Å². The number of unbranched alkanes of at least 4 members (excludes halogenated alkanes) is 3. The third-order valence-electron chi connectivity index (χ3n) is 4.41. The number of carbonyl (C=O) groups excluding carboxylic acids is 1. The Morgan fingerprint density at radius 3 is 2.79 bits per heavy atom. The van der Waals surface area contributed by atoms with Crippen molar-refractivity contribution >= 4 is 35.3 Å². The fraction of sp³-hybridized carbons (Fsp3) is 0.391. The first-order valence-corrected chi connectivity index (χ1v) is 10.8. The molecule has 0 saturated carbocycles. The van der Waals surface area contributed by atoms with Crippen LogP contribution in [0.2, 0.25) is 0 Å². The van der Waals surface area contributed by atoms with Crippen molar-refractivity contribution < 1.29 is 15.0 Å². The molecule has 1 aromatic carbocycles. The Balaban J connectivity index is 2.04. The zero-order valence-corrected chi connectivity index (χ0v) is 17.8. The number of benzene rings is 1. The number of anilines is 1. The number of aldehydes is 1. The monoisotopic (exact) mass is 412 g/mol. The molecule has 0 aliphatic rings. The molecule has 29 heavy (non-hydrogen) atoms. The standard InChI is InChI=1S/C23H28N2O3S/c1-3-5-6-7-8-17-13-18(9-12-22(17)28)24-16-25-21-14-20(29-23(21)15-26)11-10-19(27)4-2/h9,12-16,19,27-28H,3-8H2,1-2H3,(H,24,25). The van der Waals surface area contributed by atoms with Gasteiger partial charge in [0.05, 0.1) is 21.8 Å². The molecule has 154 valence electrons. The highest BCUT2D eigenvalue weighted by Crippen LogP contribution is 2.28. The van der Waals surface area contributed by atoms with Crippen LogP contribution in [0, 0.1) is 11.8 Å². The summed E-state index contributed by atoms with van der Waals surface area (Å²) in [6.45, 7) is 4.03. The Hall–Kier alpha value is -2.62. The second-order valence-corrected chi connectivity index (χ2v) is 7.81. The number of aryl methyl sites for hydroxylation is 1. The summed E-state index contributed by atoms with van der Waals surface area (Å²) in [5.74, 6) is 5.93. The Bertz CT molecular complexity index is 893. The van der Waals surface area contributed by atoms with E-state index in [-0.39, 0.29) is 0 Å². The van der Waals surface area contributed by atoms with Gasteiger partial charge in [0.1, 0.15) is 11.9 Å². The summed E-state index contributed by atoms with van der Waals surface area (Å²) in [6.07, 6.45) is 7.60. The lowest BCUT2D eigenvalue weighted by atomic mass is 10.0. The van der Waals surface area contributed by atoms with Crippen LogP contribution in [-0.4, -0.2) is 28.9 Å². The van der Waals surface area contributed by atoms with E-state index in [0.717, 1.165) is 36.8 Å². The van der Waals surface area contributed by atoms with Crippen LogP contribution in [0.25, 0.3) is 0 Å². The van der Waals surface area contributed by atoms with Gasteiger partial charge < -0.3 is 15.5 Å². The predicted octanol–water partition coefficient (Wildman–Crippen LogP) is 5.28. The van der Waals surface area contributed by atoms with E-state index in [1.165, 1.54) is 30.5 Å². The first kappa shape index (κ1) is 22.7. The van der Waals surface area contributed by atoms with Crippen molar-refractivity contribution in [1.82, 2.24) is 0 Å². The van der Waals surface area contributed by atoms with Gasteiger partial charge >= 0.3 is 0 Å². The highest BCUT2D eigenvalue weighted by Gasteiger charge is 2.07. The minimum atomic E-state index is -0.670. The molecule has 0 saturated heterocycles. The fourth-order valence-electron chi connectivity index (χ4n) is 2.69. The average molecular weight is 413 g/mol. The number of nitrogens with zero attached hydrogens (tertiary/aromatic N) is 1. The minimum Gasteiger partial charge on any atom is -0.508 e. The normalized spacial score (nSPS) is 11.8. The van der Waals surface area contributed by atoms with Crippen molar-refractivity contribution in [2.45, 2.75) is 58.5 Å². The molecule has 0 bridgehead atoms. The molecule has 3 N–H and O–H groups in total. The Kier molecular flexibility index (Phi) is 9.42. The van der Waals surface area contributed by atoms with Gasteiger partial charge in [-0.1, -0.05) is 45.0 Å². The number of thiophene rings is 1. The maximum Gasteiger partial charge on any atom is 0.162 e. The molecule has 0 fully saturated rings.